The molecule has 0 unspecified atom stereocenters. The molecule has 0 radical (unpaired) electrons. The minimum atomic E-state index is -0.873. The monoisotopic (exact) mass is 172 g/mol. The summed E-state index contributed by atoms with van der Waals surface area (Å²) in [7, 11) is 1.12. The minimum Gasteiger partial charge on any atom is -0.507 e. The van der Waals surface area contributed by atoms with E-state index in [9.17, 15) is 9.59 Å². The summed E-state index contributed by atoms with van der Waals surface area (Å²) in [5.74, 6) is -2.08. The van der Waals surface area contributed by atoms with E-state index in [0.29, 0.717) is 0 Å². The number of cyclic esters (lactones) is 1. The van der Waals surface area contributed by atoms with Crippen LogP contribution >= 0.6 is 0 Å². The maximum atomic E-state index is 10.9. The number of aliphatic hydroxyl groups is 1. The summed E-state index contributed by atoms with van der Waals surface area (Å²) in [4.78, 5) is 21.7. The van der Waals surface area contributed by atoms with Gasteiger partial charge in [-0.3, -0.25) is 0 Å². The number of methoxy groups -OCH3 is 1. The number of aliphatic hydroxyl groups excluding tert-OH is 1. The van der Waals surface area contributed by atoms with Crippen LogP contribution < -0.4 is 0 Å². The molecular formula is C7H8O5. The van der Waals surface area contributed by atoms with Crippen molar-refractivity contribution in [2.75, 3.05) is 7.11 Å². The fraction of sp³-hybridized carbons (Fsp3) is 0.429. The second-order valence-electron chi connectivity index (χ2n) is 2.30. The van der Waals surface area contributed by atoms with Gasteiger partial charge in [0.15, 0.2) is 17.4 Å². The molecule has 0 aromatic rings. The van der Waals surface area contributed by atoms with Crippen LogP contribution in [0.2, 0.25) is 0 Å². The van der Waals surface area contributed by atoms with E-state index in [-0.39, 0.29) is 5.76 Å². The molecule has 1 atom stereocenters. The summed E-state index contributed by atoms with van der Waals surface area (Å²) in [6.45, 7) is 1.46. The molecule has 66 valence electrons. The highest BCUT2D eigenvalue weighted by Gasteiger charge is 2.36. The molecule has 0 fully saturated rings. The summed E-state index contributed by atoms with van der Waals surface area (Å²) in [6.07, 6.45) is -0.758. The van der Waals surface area contributed by atoms with E-state index in [0.717, 1.165) is 7.11 Å². The predicted molar refractivity (Wildman–Crippen MR) is 37.2 cm³/mol. The Morgan fingerprint density at radius 3 is 2.58 bits per heavy atom. The quantitative estimate of drug-likeness (QED) is 0.442. The second-order valence-corrected chi connectivity index (χ2v) is 2.30. The van der Waals surface area contributed by atoms with Crippen molar-refractivity contribution in [1.82, 2.24) is 0 Å². The highest BCUT2D eigenvalue weighted by atomic mass is 16.6. The van der Waals surface area contributed by atoms with E-state index in [4.69, 9.17) is 5.11 Å². The summed E-state index contributed by atoms with van der Waals surface area (Å²) in [5.41, 5.74) is -0.412. The van der Waals surface area contributed by atoms with E-state index in [1.54, 1.807) is 0 Å². The van der Waals surface area contributed by atoms with E-state index in [1.165, 1.54) is 6.92 Å². The van der Waals surface area contributed by atoms with Gasteiger partial charge in [0.25, 0.3) is 0 Å². The fourth-order valence-electron chi connectivity index (χ4n) is 0.873. The lowest BCUT2D eigenvalue weighted by molar-refractivity contribution is -0.144. The zero-order chi connectivity index (χ0) is 9.30. The van der Waals surface area contributed by atoms with Gasteiger partial charge >= 0.3 is 11.9 Å². The topological polar surface area (TPSA) is 72.8 Å². The van der Waals surface area contributed by atoms with Gasteiger partial charge in [0.05, 0.1) is 7.11 Å². The van der Waals surface area contributed by atoms with Gasteiger partial charge in [-0.2, -0.15) is 0 Å². The van der Waals surface area contributed by atoms with Crippen LogP contribution in [-0.4, -0.2) is 30.3 Å². The van der Waals surface area contributed by atoms with Gasteiger partial charge in [-0.25, -0.2) is 9.59 Å². The van der Waals surface area contributed by atoms with Gasteiger partial charge in [0.1, 0.15) is 0 Å². The lowest BCUT2D eigenvalue weighted by Crippen LogP contribution is -2.12. The Balaban J connectivity index is 3.00. The number of rotatable bonds is 1. The van der Waals surface area contributed by atoms with Crippen LogP contribution in [0.25, 0.3) is 0 Å². The first kappa shape index (κ1) is 8.58. The zero-order valence-corrected chi connectivity index (χ0v) is 6.66. The van der Waals surface area contributed by atoms with Crippen molar-refractivity contribution in [3.8, 4) is 0 Å². The molecule has 0 aliphatic carbocycles. The van der Waals surface area contributed by atoms with Crippen LogP contribution in [0, 0.1) is 0 Å². The molecule has 1 rings (SSSR count). The Bertz CT molecular complexity index is 265. The third-order valence-corrected chi connectivity index (χ3v) is 1.52. The Morgan fingerprint density at radius 1 is 1.67 bits per heavy atom. The fourth-order valence-corrected chi connectivity index (χ4v) is 0.873. The van der Waals surface area contributed by atoms with Crippen LogP contribution in [-0.2, 0) is 19.1 Å². The molecule has 1 aliphatic heterocycles. The number of hydrogen-bond donors (Lipinski definition) is 1. The first-order valence-corrected chi connectivity index (χ1v) is 3.30. The molecule has 0 spiro atoms. The molecule has 0 bridgehead atoms. The van der Waals surface area contributed by atoms with Crippen molar-refractivity contribution >= 4 is 11.9 Å². The number of carbonyl (C=O) groups is 2. The standard InChI is InChI=1S/C7H8O5/c1-3-5(8)4(6(9)11-2)7(10)12-3/h3,8H,1-2H3/t3-/m0/s1. The number of hydrogen-bond acceptors (Lipinski definition) is 5. The highest BCUT2D eigenvalue weighted by molar-refractivity contribution is 6.15. The third-order valence-electron chi connectivity index (χ3n) is 1.52. The Morgan fingerprint density at radius 2 is 2.25 bits per heavy atom. The lowest BCUT2D eigenvalue weighted by atomic mass is 10.2. The van der Waals surface area contributed by atoms with Crippen LogP contribution in [0.15, 0.2) is 11.3 Å². The highest BCUT2D eigenvalue weighted by Crippen LogP contribution is 2.20. The van der Waals surface area contributed by atoms with Gasteiger partial charge in [0, 0.05) is 0 Å². The molecular weight excluding hydrogens is 164 g/mol. The van der Waals surface area contributed by atoms with Crippen molar-refractivity contribution in [2.45, 2.75) is 13.0 Å². The molecule has 1 heterocycles. The summed E-state index contributed by atoms with van der Waals surface area (Å²) in [6, 6.07) is 0. The van der Waals surface area contributed by atoms with Gasteiger partial charge in [0.2, 0.25) is 0 Å². The van der Waals surface area contributed by atoms with E-state index in [1.807, 2.05) is 0 Å². The predicted octanol–water partition coefficient (Wildman–Crippen LogP) is -0.0832. The van der Waals surface area contributed by atoms with Gasteiger partial charge in [-0.15, -0.1) is 0 Å². The molecule has 1 aliphatic rings. The smallest absolute Gasteiger partial charge is 0.349 e. The normalized spacial score (nSPS) is 22.5. The average molecular weight is 172 g/mol. The third kappa shape index (κ3) is 1.13. The van der Waals surface area contributed by atoms with E-state index in [2.05, 4.69) is 9.47 Å². The van der Waals surface area contributed by atoms with E-state index < -0.39 is 23.6 Å². The maximum absolute atomic E-state index is 10.9. The molecule has 12 heavy (non-hydrogen) atoms. The van der Waals surface area contributed by atoms with Gasteiger partial charge in [-0.1, -0.05) is 0 Å². The second kappa shape index (κ2) is 2.84. The molecule has 0 aromatic heterocycles. The molecule has 0 amide bonds. The van der Waals surface area contributed by atoms with Crippen LogP contribution in [0.3, 0.4) is 0 Å². The van der Waals surface area contributed by atoms with Crippen LogP contribution in [0.5, 0.6) is 0 Å². The van der Waals surface area contributed by atoms with Crippen molar-refractivity contribution < 1.29 is 24.2 Å². The molecule has 0 aromatic carbocycles. The number of esters is 2. The Labute approximate surface area is 68.6 Å². The van der Waals surface area contributed by atoms with Crippen molar-refractivity contribution in [3.05, 3.63) is 11.3 Å². The zero-order valence-electron chi connectivity index (χ0n) is 6.66. The lowest BCUT2D eigenvalue weighted by Gasteiger charge is -1.99. The van der Waals surface area contributed by atoms with Gasteiger partial charge < -0.3 is 14.6 Å². The van der Waals surface area contributed by atoms with Crippen LogP contribution in [0.1, 0.15) is 6.92 Å². The first-order valence-electron chi connectivity index (χ1n) is 3.30. The Kier molecular flexibility index (Phi) is 2.03. The molecule has 1 N–H and O–H groups in total. The van der Waals surface area contributed by atoms with E-state index >= 15 is 0 Å². The molecule has 5 nitrogen and oxygen atoms in total. The SMILES string of the molecule is COC(=O)C1=C(O)[C@H](C)OC1=O. The summed E-state index contributed by atoms with van der Waals surface area (Å²) in [5, 5.41) is 9.16. The van der Waals surface area contributed by atoms with Crippen molar-refractivity contribution in [2.24, 2.45) is 0 Å². The van der Waals surface area contributed by atoms with Crippen molar-refractivity contribution in [1.29, 1.82) is 0 Å². The summed E-state index contributed by atoms with van der Waals surface area (Å²) < 4.78 is 8.81. The maximum Gasteiger partial charge on any atom is 0.349 e. The van der Waals surface area contributed by atoms with Crippen LogP contribution in [0.4, 0.5) is 0 Å². The Hall–Kier alpha value is -1.52. The minimum absolute atomic E-state index is 0.369. The number of ether oxygens (including phenoxy) is 2. The molecule has 0 saturated carbocycles. The van der Waals surface area contributed by atoms with Gasteiger partial charge in [-0.05, 0) is 6.92 Å². The van der Waals surface area contributed by atoms with Crippen molar-refractivity contribution in [3.63, 3.8) is 0 Å². The number of carbonyl (C=O) groups excluding carboxylic acids is 2. The first-order chi connectivity index (χ1) is 5.57. The average Bonchev–Trinajstić information content (AvgIpc) is 2.26. The molecule has 5 heteroatoms. The largest absolute Gasteiger partial charge is 0.507 e. The summed E-state index contributed by atoms with van der Waals surface area (Å²) >= 11 is 0. The molecule has 0 saturated heterocycles.